The lowest BCUT2D eigenvalue weighted by atomic mass is 10.3. The molecule has 5 aromatic heterocycles. The number of nitrogens with zero attached hydrogens (tertiary/aromatic N) is 7. The van der Waals surface area contributed by atoms with Crippen LogP contribution in [-0.4, -0.2) is 127 Å². The van der Waals surface area contributed by atoms with E-state index in [2.05, 4.69) is 52.5 Å². The highest BCUT2D eigenvalue weighted by atomic mass is 16.3. The van der Waals surface area contributed by atoms with E-state index in [1.807, 2.05) is 19.0 Å². The lowest BCUT2D eigenvalue weighted by Crippen LogP contribution is -2.32. The Hall–Kier alpha value is -8.02. The summed E-state index contributed by atoms with van der Waals surface area (Å²) in [6, 6.07) is 7.57. The molecule has 0 aromatic carbocycles. The van der Waals surface area contributed by atoms with Crippen LogP contribution in [0.4, 0.5) is 23.1 Å². The van der Waals surface area contributed by atoms with Crippen molar-refractivity contribution in [3.63, 3.8) is 0 Å². The van der Waals surface area contributed by atoms with E-state index < -0.39 is 41.4 Å². The van der Waals surface area contributed by atoms with Crippen LogP contribution in [0.3, 0.4) is 0 Å². The van der Waals surface area contributed by atoms with E-state index >= 15 is 0 Å². The molecule has 0 aliphatic rings. The van der Waals surface area contributed by atoms with Crippen molar-refractivity contribution in [3.8, 4) is 0 Å². The number of carbonyl (C=O) groups excluding carboxylic acids is 8. The molecule has 0 saturated carbocycles. The molecule has 8 amide bonds. The lowest BCUT2D eigenvalue weighted by molar-refractivity contribution is -0.121. The van der Waals surface area contributed by atoms with E-state index in [1.54, 1.807) is 40.5 Å². The Morgan fingerprint density at radius 3 is 1.71 bits per heavy atom. The summed E-state index contributed by atoms with van der Waals surface area (Å²) in [6.07, 6.45) is 6.56. The number of amides is 8. The first kappa shape index (κ1) is 48.0. The SMILES string of the molecule is CN(C)CCCNC(=O)CCNC(=O)c1cc(NC(=O)c2nc(NC(=O)CCNC(=O)c3ccc(NC(=O)c4nc(NC(=O)CCNC(=O)c5ccco5)cn4C)n3C)cn2C)cn1C. The molecule has 0 aliphatic carbocycles. The molecule has 0 aliphatic heterocycles. The van der Waals surface area contributed by atoms with Crippen LogP contribution in [0.15, 0.2) is 59.6 Å². The predicted octanol–water partition coefficient (Wildman–Crippen LogP) is 0.633. The zero-order valence-electron chi connectivity index (χ0n) is 36.9. The minimum absolute atomic E-state index is 0.0252. The summed E-state index contributed by atoms with van der Waals surface area (Å²) in [6.45, 7) is 1.53. The molecular formula is C41H53N15O9. The molecule has 0 atom stereocenters. The third kappa shape index (κ3) is 13.7. The van der Waals surface area contributed by atoms with E-state index in [0.717, 1.165) is 13.0 Å². The number of anilines is 4. The average molecular weight is 900 g/mol. The fourth-order valence-corrected chi connectivity index (χ4v) is 6.22. The predicted molar refractivity (Wildman–Crippen MR) is 236 cm³/mol. The first-order chi connectivity index (χ1) is 31.0. The molecular weight excluding hydrogens is 847 g/mol. The molecule has 5 aromatic rings. The van der Waals surface area contributed by atoms with Gasteiger partial charge in [-0.3, -0.25) is 38.4 Å². The lowest BCUT2D eigenvalue weighted by Gasteiger charge is -2.10. The Bertz CT molecular complexity index is 2530. The number of hydrogen-bond acceptors (Lipinski definition) is 12. The summed E-state index contributed by atoms with van der Waals surface area (Å²) in [5.41, 5.74) is 0.771. The van der Waals surface area contributed by atoms with Gasteiger partial charge in [-0.2, -0.15) is 0 Å². The van der Waals surface area contributed by atoms with Crippen molar-refractivity contribution in [1.82, 2.24) is 54.4 Å². The molecule has 0 spiro atoms. The Morgan fingerprint density at radius 2 is 1.14 bits per heavy atom. The second kappa shape index (κ2) is 22.4. The third-order valence-electron chi connectivity index (χ3n) is 9.55. The van der Waals surface area contributed by atoms with E-state index in [9.17, 15) is 38.4 Å². The van der Waals surface area contributed by atoms with Crippen LogP contribution >= 0.6 is 0 Å². The average Bonchev–Trinajstić information content (AvgIpc) is 4.10. The van der Waals surface area contributed by atoms with Gasteiger partial charge < -0.3 is 70.1 Å². The minimum atomic E-state index is -0.616. The Morgan fingerprint density at radius 1 is 0.585 bits per heavy atom. The zero-order valence-corrected chi connectivity index (χ0v) is 36.9. The molecule has 346 valence electrons. The molecule has 8 N–H and O–H groups in total. The number of rotatable bonds is 22. The van der Waals surface area contributed by atoms with Gasteiger partial charge >= 0.3 is 0 Å². The number of nitrogens with one attached hydrogen (secondary N) is 8. The van der Waals surface area contributed by atoms with Crippen molar-refractivity contribution in [2.45, 2.75) is 25.7 Å². The van der Waals surface area contributed by atoms with Gasteiger partial charge in [-0.1, -0.05) is 0 Å². The normalized spacial score (nSPS) is 10.9. The Kier molecular flexibility index (Phi) is 16.5. The van der Waals surface area contributed by atoms with Gasteiger partial charge in [-0.05, 0) is 57.4 Å². The first-order valence-electron chi connectivity index (χ1n) is 20.4. The summed E-state index contributed by atoms with van der Waals surface area (Å²) < 4.78 is 10.8. The second-order valence-corrected chi connectivity index (χ2v) is 15.0. The highest BCUT2D eigenvalue weighted by molar-refractivity contribution is 6.04. The highest BCUT2D eigenvalue weighted by Gasteiger charge is 2.21. The van der Waals surface area contributed by atoms with E-state index in [-0.39, 0.29) is 91.1 Å². The van der Waals surface area contributed by atoms with Crippen LogP contribution in [0.2, 0.25) is 0 Å². The van der Waals surface area contributed by atoms with Gasteiger partial charge in [0.1, 0.15) is 17.2 Å². The zero-order chi connectivity index (χ0) is 47.2. The number of imidazole rings is 2. The summed E-state index contributed by atoms with van der Waals surface area (Å²) in [7, 11) is 10.3. The molecule has 0 unspecified atom stereocenters. The molecule has 0 bridgehead atoms. The number of hydrogen-bond donors (Lipinski definition) is 8. The van der Waals surface area contributed by atoms with Crippen LogP contribution in [0.5, 0.6) is 0 Å². The maximum absolute atomic E-state index is 13.1. The smallest absolute Gasteiger partial charge is 0.292 e. The van der Waals surface area contributed by atoms with E-state index in [4.69, 9.17) is 4.42 Å². The van der Waals surface area contributed by atoms with Crippen LogP contribution in [-0.2, 0) is 42.6 Å². The van der Waals surface area contributed by atoms with Gasteiger partial charge in [0.15, 0.2) is 17.4 Å². The van der Waals surface area contributed by atoms with Gasteiger partial charge in [-0.25, -0.2) is 9.97 Å². The molecule has 24 heteroatoms. The fraction of sp³-hybridized carbons (Fsp3) is 0.366. The molecule has 5 heterocycles. The quantitative estimate of drug-likeness (QED) is 0.0444. The maximum atomic E-state index is 13.1. The van der Waals surface area contributed by atoms with Crippen molar-refractivity contribution in [3.05, 3.63) is 84.0 Å². The minimum Gasteiger partial charge on any atom is -0.459 e. The standard InChI is InChI=1S/C41H53N15O9/c1-52(2)19-8-15-42-32(57)12-16-44-38(61)27-21-25(22-53(27)3)46-40(63)35-49-29(23-54(35)4)47-33(58)13-17-43-37(60)26-10-11-31(56(26)6)51-41(64)36-50-30(24-55(36)5)48-34(59)14-18-45-39(62)28-9-7-20-65-28/h7,9-11,20-24H,8,12-19H2,1-6H3,(H,42,57)(H,43,60)(H,44,61)(H,45,62)(H,46,63)(H,47,58)(H,48,59)(H,51,64). The monoisotopic (exact) mass is 899 g/mol. The highest BCUT2D eigenvalue weighted by Crippen LogP contribution is 2.17. The molecule has 0 radical (unpaired) electrons. The van der Waals surface area contributed by atoms with Crippen LogP contribution in [0, 0.1) is 0 Å². The largest absolute Gasteiger partial charge is 0.459 e. The van der Waals surface area contributed by atoms with E-state index in [0.29, 0.717) is 12.2 Å². The van der Waals surface area contributed by atoms with E-state index in [1.165, 1.54) is 61.2 Å². The number of aromatic nitrogens is 6. The third-order valence-corrected chi connectivity index (χ3v) is 9.55. The number of furan rings is 1. The van der Waals surface area contributed by atoms with Crippen LogP contribution < -0.4 is 42.5 Å². The van der Waals surface area contributed by atoms with Crippen LogP contribution in [0.1, 0.15) is 78.5 Å². The molecule has 0 fully saturated rings. The maximum Gasteiger partial charge on any atom is 0.292 e. The summed E-state index contributed by atoms with van der Waals surface area (Å²) in [4.78, 5) is 112. The van der Waals surface area contributed by atoms with Crippen molar-refractivity contribution >= 4 is 70.4 Å². The molecule has 65 heavy (non-hydrogen) atoms. The summed E-state index contributed by atoms with van der Waals surface area (Å²) in [5, 5.41) is 21.3. The first-order valence-corrected chi connectivity index (χ1v) is 20.4. The van der Waals surface area contributed by atoms with Crippen molar-refractivity contribution in [1.29, 1.82) is 0 Å². The topological polar surface area (TPSA) is 295 Å². The number of carbonyl (C=O) groups is 8. The fourth-order valence-electron chi connectivity index (χ4n) is 6.22. The van der Waals surface area contributed by atoms with Gasteiger partial charge in [0.05, 0.1) is 12.0 Å². The van der Waals surface area contributed by atoms with Crippen molar-refractivity contribution < 1.29 is 42.8 Å². The molecule has 0 saturated heterocycles. The second-order valence-electron chi connectivity index (χ2n) is 15.0. The van der Waals surface area contributed by atoms with Gasteiger partial charge in [0.2, 0.25) is 29.4 Å². The van der Waals surface area contributed by atoms with Crippen molar-refractivity contribution in [2.24, 2.45) is 28.2 Å². The van der Waals surface area contributed by atoms with Gasteiger partial charge in [0, 0.05) is 92.2 Å². The Labute approximate surface area is 372 Å². The molecule has 5 rings (SSSR count). The van der Waals surface area contributed by atoms with Crippen LogP contribution in [0.25, 0.3) is 0 Å². The Balaban J connectivity index is 1.02. The molecule has 24 nitrogen and oxygen atoms in total. The van der Waals surface area contributed by atoms with Gasteiger partial charge in [0.25, 0.3) is 29.5 Å². The van der Waals surface area contributed by atoms with Crippen molar-refractivity contribution in [2.75, 3.05) is 68.1 Å². The summed E-state index contributed by atoms with van der Waals surface area (Å²) >= 11 is 0. The number of aryl methyl sites for hydroxylation is 3. The summed E-state index contributed by atoms with van der Waals surface area (Å²) in [5.74, 6) is -3.16. The van der Waals surface area contributed by atoms with Gasteiger partial charge in [-0.15, -0.1) is 0 Å².